The number of nitrogens with zero attached hydrogens (tertiary/aromatic N) is 1. The van der Waals surface area contributed by atoms with Gasteiger partial charge >= 0.3 is 5.69 Å². The van der Waals surface area contributed by atoms with Crippen molar-refractivity contribution in [3.8, 4) is 0 Å². The summed E-state index contributed by atoms with van der Waals surface area (Å²) in [6.07, 6.45) is 0. The first-order valence-electron chi connectivity index (χ1n) is 5.08. The second-order valence-corrected chi connectivity index (χ2v) is 4.13. The van der Waals surface area contributed by atoms with Gasteiger partial charge in [-0.3, -0.25) is 0 Å². The molecule has 0 saturated heterocycles. The van der Waals surface area contributed by atoms with Gasteiger partial charge in [-0.1, -0.05) is 26.0 Å². The standard InChI is InChI=1S/C12H14N2O/c1-7(2)11-9-5-4-8(3)6-10(9)13-12(15)14-11/h4-7H,1-3H3,(H,13,14,15). The van der Waals surface area contributed by atoms with Crippen LogP contribution in [0, 0.1) is 6.92 Å². The molecule has 3 heteroatoms. The van der Waals surface area contributed by atoms with E-state index < -0.39 is 0 Å². The van der Waals surface area contributed by atoms with Crippen LogP contribution < -0.4 is 5.69 Å². The van der Waals surface area contributed by atoms with Gasteiger partial charge in [-0.2, -0.15) is 4.98 Å². The Labute approximate surface area is 88.2 Å². The first-order chi connectivity index (χ1) is 7.08. The van der Waals surface area contributed by atoms with E-state index >= 15 is 0 Å². The lowest BCUT2D eigenvalue weighted by Gasteiger charge is -2.08. The van der Waals surface area contributed by atoms with E-state index in [1.165, 1.54) is 0 Å². The van der Waals surface area contributed by atoms with Crippen LogP contribution in [-0.4, -0.2) is 9.97 Å². The van der Waals surface area contributed by atoms with E-state index in [9.17, 15) is 4.79 Å². The predicted octanol–water partition coefficient (Wildman–Crippen LogP) is 2.35. The lowest BCUT2D eigenvalue weighted by Crippen LogP contribution is -2.14. The van der Waals surface area contributed by atoms with Crippen molar-refractivity contribution in [2.24, 2.45) is 0 Å². The van der Waals surface area contributed by atoms with Gasteiger partial charge in [0.25, 0.3) is 0 Å². The number of aryl methyl sites for hydroxylation is 1. The Balaban J connectivity index is 2.86. The molecule has 1 heterocycles. The van der Waals surface area contributed by atoms with Gasteiger partial charge in [-0.15, -0.1) is 0 Å². The zero-order chi connectivity index (χ0) is 11.0. The average molecular weight is 202 g/mol. The van der Waals surface area contributed by atoms with Crippen molar-refractivity contribution in [2.75, 3.05) is 0 Å². The van der Waals surface area contributed by atoms with Crippen LogP contribution in [0.25, 0.3) is 10.9 Å². The molecule has 0 aliphatic rings. The van der Waals surface area contributed by atoms with Gasteiger partial charge in [0.1, 0.15) is 0 Å². The molecule has 1 N–H and O–H groups in total. The summed E-state index contributed by atoms with van der Waals surface area (Å²) in [5.74, 6) is 0.297. The molecule has 3 nitrogen and oxygen atoms in total. The molecule has 0 spiro atoms. The van der Waals surface area contributed by atoms with E-state index in [2.05, 4.69) is 23.8 Å². The number of aromatic nitrogens is 2. The fraction of sp³-hybridized carbons (Fsp3) is 0.333. The number of nitrogens with one attached hydrogen (secondary N) is 1. The molecular formula is C12H14N2O. The topological polar surface area (TPSA) is 45.8 Å². The lowest BCUT2D eigenvalue weighted by molar-refractivity contribution is 0.818. The summed E-state index contributed by atoms with van der Waals surface area (Å²) in [5.41, 5.74) is 2.60. The number of H-pyrrole nitrogens is 1. The third-order valence-electron chi connectivity index (χ3n) is 2.48. The van der Waals surface area contributed by atoms with E-state index in [1.807, 2.05) is 25.1 Å². The van der Waals surface area contributed by atoms with Crippen molar-refractivity contribution in [3.05, 3.63) is 39.9 Å². The smallest absolute Gasteiger partial charge is 0.309 e. The molecule has 0 atom stereocenters. The van der Waals surface area contributed by atoms with Crippen LogP contribution in [0.5, 0.6) is 0 Å². The van der Waals surface area contributed by atoms with Crippen LogP contribution in [0.4, 0.5) is 0 Å². The van der Waals surface area contributed by atoms with Gasteiger partial charge in [0.2, 0.25) is 0 Å². The van der Waals surface area contributed by atoms with Crippen molar-refractivity contribution in [1.82, 2.24) is 9.97 Å². The molecule has 15 heavy (non-hydrogen) atoms. The Kier molecular flexibility index (Phi) is 2.31. The molecule has 1 aromatic heterocycles. The minimum atomic E-state index is -0.267. The zero-order valence-corrected chi connectivity index (χ0v) is 9.16. The Bertz CT molecular complexity index is 555. The van der Waals surface area contributed by atoms with Crippen LogP contribution >= 0.6 is 0 Å². The molecule has 0 unspecified atom stereocenters. The molecule has 0 aliphatic carbocycles. The van der Waals surface area contributed by atoms with Crippen molar-refractivity contribution in [1.29, 1.82) is 0 Å². The highest BCUT2D eigenvalue weighted by Gasteiger charge is 2.07. The van der Waals surface area contributed by atoms with E-state index in [0.717, 1.165) is 22.2 Å². The second kappa shape index (κ2) is 3.50. The fourth-order valence-corrected chi connectivity index (χ4v) is 1.74. The molecule has 0 amide bonds. The van der Waals surface area contributed by atoms with Gasteiger partial charge in [-0.25, -0.2) is 4.79 Å². The number of hydrogen-bond donors (Lipinski definition) is 1. The SMILES string of the molecule is Cc1ccc2c(C(C)C)[nH]c(=O)nc2c1. The third kappa shape index (κ3) is 1.77. The Morgan fingerprint density at radius 1 is 1.33 bits per heavy atom. The van der Waals surface area contributed by atoms with Crippen LogP contribution in [0.3, 0.4) is 0 Å². The van der Waals surface area contributed by atoms with E-state index in [0.29, 0.717) is 5.92 Å². The van der Waals surface area contributed by atoms with Crippen molar-refractivity contribution < 1.29 is 0 Å². The minimum absolute atomic E-state index is 0.267. The first kappa shape index (κ1) is 9.90. The van der Waals surface area contributed by atoms with Crippen molar-refractivity contribution in [2.45, 2.75) is 26.7 Å². The third-order valence-corrected chi connectivity index (χ3v) is 2.48. The Morgan fingerprint density at radius 2 is 2.07 bits per heavy atom. The summed E-state index contributed by atoms with van der Waals surface area (Å²) in [5, 5.41) is 1.04. The quantitative estimate of drug-likeness (QED) is 0.771. The number of aromatic amines is 1. The van der Waals surface area contributed by atoms with Gasteiger partial charge in [0.15, 0.2) is 0 Å². The number of fused-ring (bicyclic) bond motifs is 1. The maximum absolute atomic E-state index is 11.4. The first-order valence-corrected chi connectivity index (χ1v) is 5.08. The summed E-state index contributed by atoms with van der Waals surface area (Å²) in [6.45, 7) is 6.12. The van der Waals surface area contributed by atoms with Gasteiger partial charge in [-0.05, 0) is 24.5 Å². The Hall–Kier alpha value is -1.64. The summed E-state index contributed by atoms with van der Waals surface area (Å²) in [4.78, 5) is 18.1. The largest absolute Gasteiger partial charge is 0.345 e. The summed E-state index contributed by atoms with van der Waals surface area (Å²) >= 11 is 0. The molecule has 0 saturated carbocycles. The van der Waals surface area contributed by atoms with Crippen LogP contribution in [0.1, 0.15) is 31.0 Å². The molecular weight excluding hydrogens is 188 g/mol. The summed E-state index contributed by atoms with van der Waals surface area (Å²) < 4.78 is 0. The average Bonchev–Trinajstić information content (AvgIpc) is 2.15. The Morgan fingerprint density at radius 3 is 2.73 bits per heavy atom. The summed E-state index contributed by atoms with van der Waals surface area (Å²) in [6, 6.07) is 5.99. The molecule has 0 aliphatic heterocycles. The lowest BCUT2D eigenvalue weighted by atomic mass is 10.0. The maximum atomic E-state index is 11.4. The van der Waals surface area contributed by atoms with E-state index in [4.69, 9.17) is 0 Å². The van der Waals surface area contributed by atoms with Gasteiger partial charge < -0.3 is 4.98 Å². The van der Waals surface area contributed by atoms with E-state index in [1.54, 1.807) is 0 Å². The van der Waals surface area contributed by atoms with Crippen LogP contribution in [-0.2, 0) is 0 Å². The molecule has 2 rings (SSSR count). The van der Waals surface area contributed by atoms with Crippen molar-refractivity contribution >= 4 is 10.9 Å². The van der Waals surface area contributed by atoms with Crippen LogP contribution in [0.15, 0.2) is 23.0 Å². The molecule has 0 radical (unpaired) electrons. The molecule has 1 aromatic carbocycles. The fourth-order valence-electron chi connectivity index (χ4n) is 1.74. The highest BCUT2D eigenvalue weighted by atomic mass is 16.1. The highest BCUT2D eigenvalue weighted by Crippen LogP contribution is 2.21. The maximum Gasteiger partial charge on any atom is 0.345 e. The number of rotatable bonds is 1. The predicted molar refractivity (Wildman–Crippen MR) is 61.2 cm³/mol. The highest BCUT2D eigenvalue weighted by molar-refractivity contribution is 5.81. The van der Waals surface area contributed by atoms with Crippen molar-refractivity contribution in [3.63, 3.8) is 0 Å². The van der Waals surface area contributed by atoms with E-state index in [-0.39, 0.29) is 5.69 Å². The summed E-state index contributed by atoms with van der Waals surface area (Å²) in [7, 11) is 0. The monoisotopic (exact) mass is 202 g/mol. The van der Waals surface area contributed by atoms with Gasteiger partial charge in [0, 0.05) is 11.1 Å². The zero-order valence-electron chi connectivity index (χ0n) is 9.16. The van der Waals surface area contributed by atoms with Crippen LogP contribution in [0.2, 0.25) is 0 Å². The minimum Gasteiger partial charge on any atom is -0.309 e. The molecule has 0 fully saturated rings. The number of benzene rings is 1. The molecule has 0 bridgehead atoms. The normalized spacial score (nSPS) is 11.2. The van der Waals surface area contributed by atoms with Gasteiger partial charge in [0.05, 0.1) is 5.52 Å². The molecule has 2 aromatic rings. The molecule has 78 valence electrons. The number of hydrogen-bond acceptors (Lipinski definition) is 2. The second-order valence-electron chi connectivity index (χ2n) is 4.13.